The lowest BCUT2D eigenvalue weighted by molar-refractivity contribution is 0.571. The van der Waals surface area contributed by atoms with Gasteiger partial charge in [0.05, 0.1) is 4.90 Å². The fourth-order valence-corrected chi connectivity index (χ4v) is 3.39. The van der Waals surface area contributed by atoms with Gasteiger partial charge in [0, 0.05) is 18.3 Å². The van der Waals surface area contributed by atoms with Gasteiger partial charge >= 0.3 is 0 Å². The smallest absolute Gasteiger partial charge is 0.240 e. The standard InChI is InChI=1S/C13H22N2O2S2/c1-4-13(14-2)11-6-5-7-12(10-11)19(16,17)15-8-9-18-3/h5-7,10,13-15H,4,8-9H2,1-3H3. The molecule has 1 atom stereocenters. The zero-order valence-corrected chi connectivity index (χ0v) is 13.3. The summed E-state index contributed by atoms with van der Waals surface area (Å²) < 4.78 is 26.8. The molecule has 0 spiro atoms. The maximum atomic E-state index is 12.1. The van der Waals surface area contributed by atoms with Gasteiger partial charge in [0.1, 0.15) is 0 Å². The van der Waals surface area contributed by atoms with Crippen LogP contribution in [0.5, 0.6) is 0 Å². The maximum absolute atomic E-state index is 12.1. The van der Waals surface area contributed by atoms with E-state index in [-0.39, 0.29) is 6.04 Å². The van der Waals surface area contributed by atoms with Crippen LogP contribution in [0.25, 0.3) is 0 Å². The van der Waals surface area contributed by atoms with Crippen LogP contribution in [0.4, 0.5) is 0 Å². The fourth-order valence-electron chi connectivity index (χ4n) is 1.87. The second-order valence-electron chi connectivity index (χ2n) is 4.21. The van der Waals surface area contributed by atoms with Crippen molar-refractivity contribution in [3.8, 4) is 0 Å². The van der Waals surface area contributed by atoms with Gasteiger partial charge in [0.2, 0.25) is 10.0 Å². The average Bonchev–Trinajstić information content (AvgIpc) is 2.41. The van der Waals surface area contributed by atoms with Crippen molar-refractivity contribution in [3.05, 3.63) is 29.8 Å². The van der Waals surface area contributed by atoms with E-state index in [2.05, 4.69) is 17.0 Å². The third-order valence-electron chi connectivity index (χ3n) is 2.93. The zero-order valence-electron chi connectivity index (χ0n) is 11.6. The molecule has 0 aromatic heterocycles. The number of benzene rings is 1. The number of rotatable bonds is 8. The minimum Gasteiger partial charge on any atom is -0.313 e. The zero-order chi connectivity index (χ0) is 14.3. The highest BCUT2D eigenvalue weighted by Crippen LogP contribution is 2.19. The van der Waals surface area contributed by atoms with Crippen molar-refractivity contribution in [2.45, 2.75) is 24.3 Å². The molecule has 1 aromatic rings. The molecule has 19 heavy (non-hydrogen) atoms. The molecule has 2 N–H and O–H groups in total. The molecule has 0 fully saturated rings. The van der Waals surface area contributed by atoms with E-state index >= 15 is 0 Å². The lowest BCUT2D eigenvalue weighted by Crippen LogP contribution is -2.26. The minimum atomic E-state index is -3.40. The summed E-state index contributed by atoms with van der Waals surface area (Å²) >= 11 is 1.62. The Hall–Kier alpha value is -0.560. The van der Waals surface area contributed by atoms with E-state index in [9.17, 15) is 8.42 Å². The predicted octanol–water partition coefficient (Wildman–Crippen LogP) is 2.00. The first kappa shape index (κ1) is 16.5. The van der Waals surface area contributed by atoms with E-state index in [1.54, 1.807) is 30.0 Å². The molecule has 108 valence electrons. The second kappa shape index (κ2) is 7.89. The summed E-state index contributed by atoms with van der Waals surface area (Å²) in [4.78, 5) is 0.333. The first-order chi connectivity index (χ1) is 9.05. The second-order valence-corrected chi connectivity index (χ2v) is 6.97. The monoisotopic (exact) mass is 302 g/mol. The summed E-state index contributed by atoms with van der Waals surface area (Å²) in [5.41, 5.74) is 0.998. The van der Waals surface area contributed by atoms with Gasteiger partial charge < -0.3 is 5.32 Å². The number of sulfonamides is 1. The molecule has 0 heterocycles. The topological polar surface area (TPSA) is 58.2 Å². The van der Waals surface area contributed by atoms with Crippen molar-refractivity contribution in [3.63, 3.8) is 0 Å². The van der Waals surface area contributed by atoms with E-state index in [0.29, 0.717) is 11.4 Å². The first-order valence-electron chi connectivity index (χ1n) is 6.31. The van der Waals surface area contributed by atoms with Gasteiger partial charge in [-0.2, -0.15) is 11.8 Å². The largest absolute Gasteiger partial charge is 0.313 e. The van der Waals surface area contributed by atoms with Gasteiger partial charge in [-0.15, -0.1) is 0 Å². The predicted molar refractivity (Wildman–Crippen MR) is 82.1 cm³/mol. The van der Waals surface area contributed by atoms with Crippen molar-refractivity contribution in [1.82, 2.24) is 10.0 Å². The summed E-state index contributed by atoms with van der Waals surface area (Å²) in [6.07, 6.45) is 2.87. The molecule has 1 rings (SSSR count). The SMILES string of the molecule is CCC(NC)c1cccc(S(=O)(=O)NCCSC)c1. The molecule has 0 amide bonds. The Balaban J connectivity index is 2.92. The molecule has 0 radical (unpaired) electrons. The normalized spacial score (nSPS) is 13.4. The van der Waals surface area contributed by atoms with Gasteiger partial charge in [0.15, 0.2) is 0 Å². The van der Waals surface area contributed by atoms with E-state index in [1.165, 1.54) is 0 Å². The van der Waals surface area contributed by atoms with E-state index in [1.807, 2.05) is 19.4 Å². The van der Waals surface area contributed by atoms with Crippen LogP contribution in [0.15, 0.2) is 29.2 Å². The summed E-state index contributed by atoms with van der Waals surface area (Å²) in [5, 5.41) is 3.18. The van der Waals surface area contributed by atoms with Gasteiger partial charge in [-0.3, -0.25) is 0 Å². The molecule has 6 heteroatoms. The first-order valence-corrected chi connectivity index (χ1v) is 9.18. The molecular formula is C13H22N2O2S2. The van der Waals surface area contributed by atoms with Gasteiger partial charge in [-0.05, 0) is 37.4 Å². The molecule has 0 saturated heterocycles. The lowest BCUT2D eigenvalue weighted by atomic mass is 10.1. The average molecular weight is 302 g/mol. The molecule has 1 aromatic carbocycles. The van der Waals surface area contributed by atoms with E-state index < -0.39 is 10.0 Å². The highest BCUT2D eigenvalue weighted by Gasteiger charge is 2.15. The van der Waals surface area contributed by atoms with E-state index in [4.69, 9.17) is 0 Å². The van der Waals surface area contributed by atoms with Crippen LogP contribution in [-0.2, 0) is 10.0 Å². The van der Waals surface area contributed by atoms with Crippen LogP contribution in [0.2, 0.25) is 0 Å². The fraction of sp³-hybridized carbons (Fsp3) is 0.538. The Kier molecular flexibility index (Phi) is 6.85. The highest BCUT2D eigenvalue weighted by atomic mass is 32.2. The van der Waals surface area contributed by atoms with Crippen molar-refractivity contribution >= 4 is 21.8 Å². The molecular weight excluding hydrogens is 280 g/mol. The van der Waals surface area contributed by atoms with Crippen molar-refractivity contribution < 1.29 is 8.42 Å². The summed E-state index contributed by atoms with van der Waals surface area (Å²) in [6, 6.07) is 7.30. The van der Waals surface area contributed by atoms with Crippen LogP contribution in [0.3, 0.4) is 0 Å². The number of hydrogen-bond acceptors (Lipinski definition) is 4. The summed E-state index contributed by atoms with van der Waals surface area (Å²) in [5.74, 6) is 0.771. The molecule has 0 aliphatic heterocycles. The third kappa shape index (κ3) is 4.80. The maximum Gasteiger partial charge on any atom is 0.240 e. The van der Waals surface area contributed by atoms with Crippen molar-refractivity contribution in [2.24, 2.45) is 0 Å². The van der Waals surface area contributed by atoms with Gasteiger partial charge in [0.25, 0.3) is 0 Å². The Labute approximate surface area is 120 Å². The number of thioether (sulfide) groups is 1. The minimum absolute atomic E-state index is 0.182. The van der Waals surface area contributed by atoms with Crippen LogP contribution in [0.1, 0.15) is 24.9 Å². The van der Waals surface area contributed by atoms with Crippen molar-refractivity contribution in [2.75, 3.05) is 25.6 Å². The molecule has 0 aliphatic carbocycles. The van der Waals surface area contributed by atoms with E-state index in [0.717, 1.165) is 17.7 Å². The Morgan fingerprint density at radius 2 is 2.11 bits per heavy atom. The van der Waals surface area contributed by atoms with Gasteiger partial charge in [-0.1, -0.05) is 19.1 Å². The molecule has 0 aliphatic rings. The van der Waals surface area contributed by atoms with Crippen LogP contribution in [0, 0.1) is 0 Å². The number of hydrogen-bond donors (Lipinski definition) is 2. The van der Waals surface area contributed by atoms with Crippen molar-refractivity contribution in [1.29, 1.82) is 0 Å². The Morgan fingerprint density at radius 1 is 1.37 bits per heavy atom. The Bertz CT molecular complexity index is 485. The molecule has 0 bridgehead atoms. The Morgan fingerprint density at radius 3 is 2.68 bits per heavy atom. The molecule has 0 saturated carbocycles. The molecule has 1 unspecified atom stereocenters. The summed E-state index contributed by atoms with van der Waals surface area (Å²) in [7, 11) is -1.52. The third-order valence-corrected chi connectivity index (χ3v) is 5.00. The van der Waals surface area contributed by atoms with Crippen LogP contribution < -0.4 is 10.0 Å². The van der Waals surface area contributed by atoms with Gasteiger partial charge in [-0.25, -0.2) is 13.1 Å². The summed E-state index contributed by atoms with van der Waals surface area (Å²) in [6.45, 7) is 2.52. The van der Waals surface area contributed by atoms with Crippen LogP contribution >= 0.6 is 11.8 Å². The number of nitrogens with one attached hydrogen (secondary N) is 2. The molecule has 4 nitrogen and oxygen atoms in total. The highest BCUT2D eigenvalue weighted by molar-refractivity contribution is 7.98. The lowest BCUT2D eigenvalue weighted by Gasteiger charge is -2.15. The van der Waals surface area contributed by atoms with Crippen LogP contribution in [-0.4, -0.2) is 34.0 Å². The quantitative estimate of drug-likeness (QED) is 0.721.